The fraction of sp³-hybridized carbons (Fsp3) is 0.581. The van der Waals surface area contributed by atoms with Crippen LogP contribution >= 0.6 is 11.6 Å². The first-order valence-electron chi connectivity index (χ1n) is 18.6. The zero-order valence-electron chi connectivity index (χ0n) is 28.7. The summed E-state index contributed by atoms with van der Waals surface area (Å²) in [6, 6.07) is 27.6. The zero-order valence-corrected chi connectivity index (χ0v) is 29.4. The maximum atomic E-state index is 7.80. The van der Waals surface area contributed by atoms with Crippen molar-refractivity contribution in [2.45, 2.75) is 160 Å². The molecule has 0 aliphatic carbocycles. The quantitative estimate of drug-likeness (QED) is 0.0534. The standard InChI is InChI=1S/C43H63Cl/c1-4-7-10-13-16-19-22-37-25-31-40(32-26-37)43(44,41-33-27-38(28-34-41)23-20-17-14-11-8-5-2)42-35-29-39(30-36-42)24-21-18-15-12-9-6-3/h25-36H,4-24H2,1-3H3. The summed E-state index contributed by atoms with van der Waals surface area (Å²) in [5.74, 6) is 0. The molecule has 0 saturated heterocycles. The topological polar surface area (TPSA) is 0 Å². The number of rotatable bonds is 24. The van der Waals surface area contributed by atoms with E-state index in [-0.39, 0.29) is 0 Å². The molecule has 44 heavy (non-hydrogen) atoms. The van der Waals surface area contributed by atoms with Gasteiger partial charge in [-0.15, -0.1) is 11.6 Å². The molecule has 3 aromatic carbocycles. The third-order valence-electron chi connectivity index (χ3n) is 9.51. The van der Waals surface area contributed by atoms with Crippen molar-refractivity contribution in [1.82, 2.24) is 0 Å². The van der Waals surface area contributed by atoms with Crippen LogP contribution in [-0.4, -0.2) is 0 Å². The van der Waals surface area contributed by atoms with Crippen LogP contribution in [0.2, 0.25) is 0 Å². The summed E-state index contributed by atoms with van der Waals surface area (Å²) in [5, 5.41) is 0. The smallest absolute Gasteiger partial charge is 0.104 e. The Bertz CT molecular complexity index is 965. The number of hydrogen-bond acceptors (Lipinski definition) is 0. The largest absolute Gasteiger partial charge is 0.119 e. The van der Waals surface area contributed by atoms with Gasteiger partial charge in [-0.25, -0.2) is 0 Å². The van der Waals surface area contributed by atoms with Crippen LogP contribution in [0.15, 0.2) is 72.8 Å². The van der Waals surface area contributed by atoms with Crippen LogP contribution in [0.3, 0.4) is 0 Å². The Kier molecular flexibility index (Phi) is 17.9. The fourth-order valence-electron chi connectivity index (χ4n) is 6.53. The van der Waals surface area contributed by atoms with Crippen LogP contribution in [-0.2, 0) is 24.1 Å². The van der Waals surface area contributed by atoms with Gasteiger partial charge in [0.25, 0.3) is 0 Å². The molecule has 0 N–H and O–H groups in total. The molecule has 0 amide bonds. The van der Waals surface area contributed by atoms with E-state index in [1.807, 2.05) is 0 Å². The number of halogens is 1. The molecule has 0 aliphatic heterocycles. The molecule has 0 saturated carbocycles. The van der Waals surface area contributed by atoms with Crippen LogP contribution in [0.5, 0.6) is 0 Å². The van der Waals surface area contributed by atoms with E-state index in [9.17, 15) is 0 Å². The summed E-state index contributed by atoms with van der Waals surface area (Å²) in [5.41, 5.74) is 7.76. The molecule has 0 nitrogen and oxygen atoms in total. The van der Waals surface area contributed by atoms with Crippen molar-refractivity contribution in [3.8, 4) is 0 Å². The Labute approximate surface area is 277 Å². The molecule has 0 fully saturated rings. The van der Waals surface area contributed by atoms with Gasteiger partial charge in [-0.1, -0.05) is 190 Å². The van der Waals surface area contributed by atoms with Gasteiger partial charge in [0.2, 0.25) is 0 Å². The molecule has 0 unspecified atom stereocenters. The zero-order chi connectivity index (χ0) is 31.3. The Morgan fingerprint density at radius 1 is 0.341 bits per heavy atom. The molecule has 0 aromatic heterocycles. The van der Waals surface area contributed by atoms with Crippen molar-refractivity contribution in [2.24, 2.45) is 0 Å². The maximum Gasteiger partial charge on any atom is 0.119 e. The summed E-state index contributed by atoms with van der Waals surface area (Å²) in [6.07, 6.45) is 27.5. The van der Waals surface area contributed by atoms with Gasteiger partial charge in [-0.3, -0.25) is 0 Å². The number of alkyl halides is 1. The fourth-order valence-corrected chi connectivity index (χ4v) is 6.91. The lowest BCUT2D eigenvalue weighted by atomic mass is 9.82. The lowest BCUT2D eigenvalue weighted by molar-refractivity contribution is 0.607. The second kappa shape index (κ2) is 21.6. The van der Waals surface area contributed by atoms with Gasteiger partial charge < -0.3 is 0 Å². The Hall–Kier alpha value is -2.05. The molecule has 1 heteroatoms. The molecule has 0 bridgehead atoms. The predicted octanol–water partition coefficient (Wildman–Crippen LogP) is 13.9. The second-order valence-corrected chi connectivity index (χ2v) is 13.9. The molecule has 0 radical (unpaired) electrons. The van der Waals surface area contributed by atoms with Gasteiger partial charge in [0.1, 0.15) is 4.87 Å². The van der Waals surface area contributed by atoms with Crippen molar-refractivity contribution in [3.63, 3.8) is 0 Å². The van der Waals surface area contributed by atoms with Crippen molar-refractivity contribution >= 4 is 11.6 Å². The first-order chi connectivity index (χ1) is 21.6. The van der Waals surface area contributed by atoms with Crippen LogP contribution in [0.4, 0.5) is 0 Å². The maximum absolute atomic E-state index is 7.80. The van der Waals surface area contributed by atoms with Gasteiger partial charge in [0, 0.05) is 0 Å². The first-order valence-corrected chi connectivity index (χ1v) is 19.0. The van der Waals surface area contributed by atoms with E-state index >= 15 is 0 Å². The molecule has 0 atom stereocenters. The highest BCUT2D eigenvalue weighted by molar-refractivity contribution is 6.28. The lowest BCUT2D eigenvalue weighted by Gasteiger charge is -2.30. The summed E-state index contributed by atoms with van der Waals surface area (Å²) < 4.78 is 0. The highest BCUT2D eigenvalue weighted by atomic mass is 35.5. The minimum atomic E-state index is -0.698. The number of unbranched alkanes of at least 4 members (excludes halogenated alkanes) is 15. The summed E-state index contributed by atoms with van der Waals surface area (Å²) >= 11 is 7.80. The molecule has 3 rings (SSSR count). The van der Waals surface area contributed by atoms with Crippen LogP contribution in [0.1, 0.15) is 170 Å². The van der Waals surface area contributed by atoms with E-state index < -0.39 is 4.87 Å². The third-order valence-corrected chi connectivity index (χ3v) is 10.2. The molecule has 0 aliphatic rings. The normalized spacial score (nSPS) is 11.7. The summed E-state index contributed by atoms with van der Waals surface area (Å²) in [7, 11) is 0. The van der Waals surface area contributed by atoms with Gasteiger partial charge in [-0.2, -0.15) is 0 Å². The van der Waals surface area contributed by atoms with E-state index in [0.29, 0.717) is 0 Å². The molecule has 242 valence electrons. The van der Waals surface area contributed by atoms with Crippen molar-refractivity contribution < 1.29 is 0 Å². The third kappa shape index (κ3) is 12.4. The average Bonchev–Trinajstić information content (AvgIpc) is 3.06. The predicted molar refractivity (Wildman–Crippen MR) is 196 cm³/mol. The summed E-state index contributed by atoms with van der Waals surface area (Å²) in [6.45, 7) is 6.86. The van der Waals surface area contributed by atoms with Crippen LogP contribution < -0.4 is 0 Å². The Balaban J connectivity index is 1.72. The van der Waals surface area contributed by atoms with Crippen LogP contribution in [0, 0.1) is 0 Å². The Morgan fingerprint density at radius 2 is 0.568 bits per heavy atom. The van der Waals surface area contributed by atoms with E-state index in [2.05, 4.69) is 93.6 Å². The Morgan fingerprint density at radius 3 is 0.818 bits per heavy atom. The second-order valence-electron chi connectivity index (χ2n) is 13.3. The van der Waals surface area contributed by atoms with Crippen LogP contribution in [0.25, 0.3) is 0 Å². The van der Waals surface area contributed by atoms with E-state index in [4.69, 9.17) is 11.6 Å². The highest BCUT2D eigenvalue weighted by Gasteiger charge is 2.34. The summed E-state index contributed by atoms with van der Waals surface area (Å²) in [4.78, 5) is -0.698. The van der Waals surface area contributed by atoms with Crippen molar-refractivity contribution in [2.75, 3.05) is 0 Å². The van der Waals surface area contributed by atoms with E-state index in [0.717, 1.165) is 19.3 Å². The molecular formula is C43H63Cl. The lowest BCUT2D eigenvalue weighted by Crippen LogP contribution is -2.22. The van der Waals surface area contributed by atoms with Crippen molar-refractivity contribution in [3.05, 3.63) is 106 Å². The van der Waals surface area contributed by atoms with Gasteiger partial charge in [0.15, 0.2) is 0 Å². The SMILES string of the molecule is CCCCCCCCc1ccc(C(Cl)(c2ccc(CCCCCCCC)cc2)c2ccc(CCCCCCCC)cc2)cc1. The molecule has 3 aromatic rings. The molecule has 0 spiro atoms. The van der Waals surface area contributed by atoms with E-state index in [1.54, 1.807) is 0 Å². The number of hydrogen-bond donors (Lipinski definition) is 0. The van der Waals surface area contributed by atoms with Gasteiger partial charge in [0.05, 0.1) is 0 Å². The van der Waals surface area contributed by atoms with Gasteiger partial charge >= 0.3 is 0 Å². The average molecular weight is 615 g/mol. The first kappa shape index (κ1) is 36.4. The van der Waals surface area contributed by atoms with Gasteiger partial charge in [-0.05, 0) is 71.9 Å². The monoisotopic (exact) mass is 614 g/mol. The number of aryl methyl sites for hydroxylation is 3. The highest BCUT2D eigenvalue weighted by Crippen LogP contribution is 2.43. The number of benzene rings is 3. The minimum absolute atomic E-state index is 0.698. The molecule has 0 heterocycles. The minimum Gasteiger partial charge on any atom is -0.104 e. The van der Waals surface area contributed by atoms with E-state index in [1.165, 1.54) is 149 Å². The molecular weight excluding hydrogens is 552 g/mol. The van der Waals surface area contributed by atoms with Crippen molar-refractivity contribution in [1.29, 1.82) is 0 Å².